The van der Waals surface area contributed by atoms with E-state index in [1.165, 1.54) is 32.4 Å². The second-order valence-electron chi connectivity index (χ2n) is 7.20. The van der Waals surface area contributed by atoms with Crippen LogP contribution in [0, 0.1) is 5.92 Å². The van der Waals surface area contributed by atoms with E-state index in [9.17, 15) is 0 Å². The number of hydrogen-bond donors (Lipinski definition) is 2. The van der Waals surface area contributed by atoms with Gasteiger partial charge < -0.3 is 15.2 Å². The molecule has 1 aromatic rings. The zero-order valence-electron chi connectivity index (χ0n) is 16.3. The van der Waals surface area contributed by atoms with Gasteiger partial charge in [-0.25, -0.2) is 0 Å². The van der Waals surface area contributed by atoms with Crippen molar-refractivity contribution in [2.45, 2.75) is 59.0 Å². The van der Waals surface area contributed by atoms with E-state index in [0.717, 1.165) is 37.8 Å². The van der Waals surface area contributed by atoms with E-state index in [0.29, 0.717) is 12.0 Å². The molecule has 1 atom stereocenters. The van der Waals surface area contributed by atoms with Gasteiger partial charge in [-0.2, -0.15) is 0 Å². The van der Waals surface area contributed by atoms with Gasteiger partial charge in [0.25, 0.3) is 0 Å². The molecule has 0 spiro atoms. The van der Waals surface area contributed by atoms with E-state index >= 15 is 0 Å². The molecule has 0 bridgehead atoms. The Morgan fingerprint density at radius 2 is 2.04 bits per heavy atom. The lowest BCUT2D eigenvalue weighted by Crippen LogP contribution is -2.47. The van der Waals surface area contributed by atoms with Gasteiger partial charge in [-0.3, -0.25) is 9.89 Å². The van der Waals surface area contributed by atoms with E-state index in [1.54, 1.807) is 6.33 Å². The number of nitrogens with one attached hydrogen (secondary N) is 2. The summed E-state index contributed by atoms with van der Waals surface area (Å²) in [5.74, 6) is 2.61. The Labute approximate surface area is 152 Å². The van der Waals surface area contributed by atoms with Crippen LogP contribution in [0.4, 0.5) is 0 Å². The standard InChI is InChI=1S/C18H35N7/c1-5-17-23-22-14-25(17)11-8-20-18(19-4)21-13-16(12-15(2)3)24-9-6-7-10-24/h14-16H,5-13H2,1-4H3,(H2,19,20,21). The van der Waals surface area contributed by atoms with Crippen LogP contribution in [0.25, 0.3) is 0 Å². The first-order valence-corrected chi connectivity index (χ1v) is 9.69. The van der Waals surface area contributed by atoms with E-state index < -0.39 is 0 Å². The molecule has 2 heterocycles. The summed E-state index contributed by atoms with van der Waals surface area (Å²) in [5, 5.41) is 15.0. The third-order valence-electron chi connectivity index (χ3n) is 4.79. The van der Waals surface area contributed by atoms with Crippen LogP contribution in [-0.2, 0) is 13.0 Å². The molecule has 1 aliphatic heterocycles. The number of aryl methyl sites for hydroxylation is 1. The summed E-state index contributed by atoms with van der Waals surface area (Å²) in [4.78, 5) is 6.99. The van der Waals surface area contributed by atoms with Crippen molar-refractivity contribution in [2.75, 3.05) is 33.2 Å². The van der Waals surface area contributed by atoms with Crippen molar-refractivity contribution in [1.82, 2.24) is 30.3 Å². The molecule has 7 heteroatoms. The third kappa shape index (κ3) is 6.30. The molecule has 0 saturated carbocycles. The van der Waals surface area contributed by atoms with Gasteiger partial charge in [0.1, 0.15) is 12.2 Å². The van der Waals surface area contributed by atoms with Crippen LogP contribution >= 0.6 is 0 Å². The lowest BCUT2D eigenvalue weighted by atomic mass is 10.0. The van der Waals surface area contributed by atoms with Gasteiger partial charge in [-0.15, -0.1) is 10.2 Å². The highest BCUT2D eigenvalue weighted by atomic mass is 15.3. The highest BCUT2D eigenvalue weighted by Gasteiger charge is 2.22. The average Bonchev–Trinajstić information content (AvgIpc) is 3.27. The molecule has 2 rings (SSSR count). The molecule has 1 fully saturated rings. The maximum absolute atomic E-state index is 4.36. The first-order valence-electron chi connectivity index (χ1n) is 9.69. The SMILES string of the molecule is CCc1nncn1CCNC(=NC)NCC(CC(C)C)N1CCCC1. The normalized spacial score (nSPS) is 17.2. The van der Waals surface area contributed by atoms with Gasteiger partial charge in [-0.05, 0) is 38.3 Å². The molecular weight excluding hydrogens is 314 g/mol. The number of aliphatic imine (C=N–C) groups is 1. The Balaban J connectivity index is 1.77. The Hall–Kier alpha value is -1.63. The van der Waals surface area contributed by atoms with E-state index in [1.807, 2.05) is 7.05 Å². The minimum Gasteiger partial charge on any atom is -0.355 e. The van der Waals surface area contributed by atoms with Crippen molar-refractivity contribution in [3.63, 3.8) is 0 Å². The summed E-state index contributed by atoms with van der Waals surface area (Å²) in [6, 6.07) is 0.589. The maximum atomic E-state index is 4.36. The van der Waals surface area contributed by atoms with Crippen molar-refractivity contribution in [3.8, 4) is 0 Å². The molecule has 1 saturated heterocycles. The number of aromatic nitrogens is 3. The van der Waals surface area contributed by atoms with Crippen LogP contribution in [0.3, 0.4) is 0 Å². The molecule has 25 heavy (non-hydrogen) atoms. The van der Waals surface area contributed by atoms with Gasteiger partial charge in [0, 0.05) is 39.1 Å². The number of hydrogen-bond acceptors (Lipinski definition) is 4. The van der Waals surface area contributed by atoms with Crippen LogP contribution in [0.5, 0.6) is 0 Å². The van der Waals surface area contributed by atoms with Gasteiger partial charge in [-0.1, -0.05) is 20.8 Å². The molecule has 0 radical (unpaired) electrons. The Morgan fingerprint density at radius 1 is 1.28 bits per heavy atom. The summed E-state index contributed by atoms with van der Waals surface area (Å²) in [7, 11) is 1.83. The Morgan fingerprint density at radius 3 is 2.68 bits per heavy atom. The third-order valence-corrected chi connectivity index (χ3v) is 4.79. The molecule has 1 aliphatic rings. The van der Waals surface area contributed by atoms with Crippen molar-refractivity contribution in [1.29, 1.82) is 0 Å². The second kappa shape index (κ2) is 10.4. The summed E-state index contributed by atoms with van der Waals surface area (Å²) in [5.41, 5.74) is 0. The highest BCUT2D eigenvalue weighted by Crippen LogP contribution is 2.17. The average molecular weight is 350 g/mol. The number of nitrogens with zero attached hydrogens (tertiary/aromatic N) is 5. The molecule has 1 unspecified atom stereocenters. The fourth-order valence-corrected chi connectivity index (χ4v) is 3.48. The summed E-state index contributed by atoms with van der Waals surface area (Å²) >= 11 is 0. The summed E-state index contributed by atoms with van der Waals surface area (Å²) in [6.45, 7) is 11.8. The van der Waals surface area contributed by atoms with Crippen LogP contribution in [0.2, 0.25) is 0 Å². The van der Waals surface area contributed by atoms with Crippen molar-refractivity contribution in [3.05, 3.63) is 12.2 Å². The monoisotopic (exact) mass is 349 g/mol. The minimum absolute atomic E-state index is 0.589. The van der Waals surface area contributed by atoms with Crippen molar-refractivity contribution >= 4 is 5.96 Å². The smallest absolute Gasteiger partial charge is 0.191 e. The predicted octanol–water partition coefficient (Wildman–Crippen LogP) is 1.52. The fraction of sp³-hybridized carbons (Fsp3) is 0.833. The second-order valence-corrected chi connectivity index (χ2v) is 7.20. The van der Waals surface area contributed by atoms with Crippen LogP contribution in [-0.4, -0.2) is 64.9 Å². The van der Waals surface area contributed by atoms with Crippen LogP contribution in [0.1, 0.15) is 45.9 Å². The largest absolute Gasteiger partial charge is 0.355 e. The molecule has 2 N–H and O–H groups in total. The van der Waals surface area contributed by atoms with E-state index in [-0.39, 0.29) is 0 Å². The minimum atomic E-state index is 0.589. The van der Waals surface area contributed by atoms with Gasteiger partial charge in [0.15, 0.2) is 5.96 Å². The maximum Gasteiger partial charge on any atom is 0.191 e. The highest BCUT2D eigenvalue weighted by molar-refractivity contribution is 5.79. The Bertz CT molecular complexity index is 517. The van der Waals surface area contributed by atoms with Gasteiger partial charge in [0.05, 0.1) is 0 Å². The lowest BCUT2D eigenvalue weighted by molar-refractivity contribution is 0.213. The quantitative estimate of drug-likeness (QED) is 0.522. The zero-order chi connectivity index (χ0) is 18.1. The van der Waals surface area contributed by atoms with E-state index in [4.69, 9.17) is 0 Å². The molecule has 142 valence electrons. The zero-order valence-corrected chi connectivity index (χ0v) is 16.3. The molecule has 1 aromatic heterocycles. The molecule has 0 aliphatic carbocycles. The topological polar surface area (TPSA) is 70.4 Å². The first-order chi connectivity index (χ1) is 12.1. The van der Waals surface area contributed by atoms with Crippen LogP contribution in [0.15, 0.2) is 11.3 Å². The number of likely N-dealkylation sites (tertiary alicyclic amines) is 1. The van der Waals surface area contributed by atoms with Crippen LogP contribution < -0.4 is 10.6 Å². The molecule has 0 aromatic carbocycles. The molecule has 7 nitrogen and oxygen atoms in total. The van der Waals surface area contributed by atoms with Gasteiger partial charge >= 0.3 is 0 Å². The lowest BCUT2D eigenvalue weighted by Gasteiger charge is -2.29. The fourth-order valence-electron chi connectivity index (χ4n) is 3.48. The summed E-state index contributed by atoms with van der Waals surface area (Å²) in [6.07, 6.45) is 6.59. The Kier molecular flexibility index (Phi) is 8.18. The van der Waals surface area contributed by atoms with Gasteiger partial charge in [0.2, 0.25) is 0 Å². The molecular formula is C18H35N7. The van der Waals surface area contributed by atoms with E-state index in [2.05, 4.69) is 56.1 Å². The number of guanidine groups is 1. The predicted molar refractivity (Wildman–Crippen MR) is 103 cm³/mol. The first kappa shape index (κ1) is 19.7. The number of rotatable bonds is 9. The van der Waals surface area contributed by atoms with Crippen molar-refractivity contribution < 1.29 is 0 Å². The summed E-state index contributed by atoms with van der Waals surface area (Å²) < 4.78 is 2.09. The molecule has 0 amide bonds. The van der Waals surface area contributed by atoms with Crippen molar-refractivity contribution in [2.24, 2.45) is 10.9 Å².